The average Bonchev–Trinajstić information content (AvgIpc) is 2.81. The van der Waals surface area contributed by atoms with E-state index in [4.69, 9.17) is 32.1 Å². The van der Waals surface area contributed by atoms with E-state index in [1.54, 1.807) is 0 Å². The smallest absolute Gasteiger partial charge is 0.328 e. The standard InChI is InChI=1S/2C9H12N2O2.C4H4O4/c2*10-11-8(9(12)13)6-7-4-2-1-3-5-7;5-3(6)1-2-4(7)8/h2*1-5,8,11H,6,10H2,(H,12,13);1-2H,(H,5,6)(H,7,8)/b;;2-1+/t2*8-;/m00./s1. The van der Waals surface area contributed by atoms with Crippen LogP contribution in [0.1, 0.15) is 11.1 Å². The normalized spacial score (nSPS) is 11.7. The number of carbonyl (C=O) groups is 4. The maximum absolute atomic E-state index is 10.6. The van der Waals surface area contributed by atoms with Crippen LogP contribution >= 0.6 is 0 Å². The Hall–Kier alpha value is -4.10. The van der Waals surface area contributed by atoms with E-state index in [1.165, 1.54) is 0 Å². The van der Waals surface area contributed by atoms with Crippen LogP contribution in [-0.4, -0.2) is 56.4 Å². The summed E-state index contributed by atoms with van der Waals surface area (Å²) in [6, 6.07) is 17.3. The first kappa shape index (κ1) is 29.9. The number of hydrogen-bond acceptors (Lipinski definition) is 8. The molecule has 2 aromatic carbocycles. The van der Waals surface area contributed by atoms with E-state index >= 15 is 0 Å². The van der Waals surface area contributed by atoms with Crippen LogP contribution in [0.2, 0.25) is 0 Å². The van der Waals surface area contributed by atoms with Crippen molar-refractivity contribution in [3.05, 3.63) is 83.9 Å². The number of rotatable bonds is 10. The fourth-order valence-electron chi connectivity index (χ4n) is 2.28. The molecule has 12 heteroatoms. The topological polar surface area (TPSA) is 225 Å². The molecule has 0 fully saturated rings. The Morgan fingerprint density at radius 1 is 0.647 bits per heavy atom. The summed E-state index contributed by atoms with van der Waals surface area (Å²) < 4.78 is 0. The molecule has 0 unspecified atom stereocenters. The third-order valence-corrected chi connectivity index (χ3v) is 3.93. The van der Waals surface area contributed by atoms with Gasteiger partial charge in [0.2, 0.25) is 0 Å². The van der Waals surface area contributed by atoms with Crippen LogP contribution in [0.3, 0.4) is 0 Å². The van der Waals surface area contributed by atoms with E-state index in [0.717, 1.165) is 11.1 Å². The van der Waals surface area contributed by atoms with Crippen LogP contribution in [0.25, 0.3) is 0 Å². The third-order valence-electron chi connectivity index (χ3n) is 3.93. The molecule has 0 saturated carbocycles. The largest absolute Gasteiger partial charge is 0.480 e. The predicted molar refractivity (Wildman–Crippen MR) is 122 cm³/mol. The van der Waals surface area contributed by atoms with E-state index in [1.807, 2.05) is 60.7 Å². The second-order valence-corrected chi connectivity index (χ2v) is 6.50. The minimum absolute atomic E-state index is 0.396. The van der Waals surface area contributed by atoms with Crippen molar-refractivity contribution in [3.8, 4) is 0 Å². The minimum Gasteiger partial charge on any atom is -0.480 e. The highest BCUT2D eigenvalue weighted by molar-refractivity contribution is 5.89. The second-order valence-electron chi connectivity index (χ2n) is 6.50. The van der Waals surface area contributed by atoms with Gasteiger partial charge >= 0.3 is 23.9 Å². The molecule has 0 aliphatic carbocycles. The lowest BCUT2D eigenvalue weighted by Crippen LogP contribution is -2.42. The Morgan fingerprint density at radius 3 is 1.15 bits per heavy atom. The Balaban J connectivity index is 0.000000497. The zero-order chi connectivity index (χ0) is 25.9. The van der Waals surface area contributed by atoms with Crippen LogP contribution in [0.5, 0.6) is 0 Å². The molecule has 2 atom stereocenters. The summed E-state index contributed by atoms with van der Waals surface area (Å²) >= 11 is 0. The van der Waals surface area contributed by atoms with Crippen molar-refractivity contribution in [1.82, 2.24) is 10.9 Å². The van der Waals surface area contributed by atoms with Gasteiger partial charge in [-0.2, -0.15) is 0 Å². The molecule has 0 radical (unpaired) electrons. The van der Waals surface area contributed by atoms with Crippen molar-refractivity contribution in [3.63, 3.8) is 0 Å². The van der Waals surface area contributed by atoms with Crippen molar-refractivity contribution in [2.45, 2.75) is 24.9 Å². The SMILES string of the molecule is NN[C@@H](Cc1ccccc1)C(=O)O.NN[C@@H](Cc1ccccc1)C(=O)O.O=C(O)/C=C/C(=O)O. The van der Waals surface area contributed by atoms with E-state index in [-0.39, 0.29) is 0 Å². The number of hydrazine groups is 2. The van der Waals surface area contributed by atoms with Crippen molar-refractivity contribution >= 4 is 23.9 Å². The molecule has 12 nitrogen and oxygen atoms in total. The monoisotopic (exact) mass is 476 g/mol. The van der Waals surface area contributed by atoms with Crippen LogP contribution in [0.4, 0.5) is 0 Å². The van der Waals surface area contributed by atoms with Gasteiger partial charge in [0.15, 0.2) is 0 Å². The Morgan fingerprint density at radius 2 is 0.941 bits per heavy atom. The van der Waals surface area contributed by atoms with Gasteiger partial charge < -0.3 is 20.4 Å². The average molecular weight is 476 g/mol. The summed E-state index contributed by atoms with van der Waals surface area (Å²) in [5, 5.41) is 33.0. The highest BCUT2D eigenvalue weighted by Crippen LogP contribution is 2.03. The van der Waals surface area contributed by atoms with Crippen LogP contribution < -0.4 is 22.5 Å². The van der Waals surface area contributed by atoms with Crippen LogP contribution in [-0.2, 0) is 32.0 Å². The second kappa shape index (κ2) is 17.5. The van der Waals surface area contributed by atoms with E-state index in [9.17, 15) is 19.2 Å². The van der Waals surface area contributed by atoms with E-state index < -0.39 is 36.0 Å². The van der Waals surface area contributed by atoms with Gasteiger partial charge in [-0.05, 0) is 24.0 Å². The predicted octanol–water partition coefficient (Wildman–Crippen LogP) is 0.00300. The zero-order valence-corrected chi connectivity index (χ0v) is 18.1. The van der Waals surface area contributed by atoms with Gasteiger partial charge in [-0.1, -0.05) is 60.7 Å². The van der Waals surface area contributed by atoms with Gasteiger partial charge in [-0.3, -0.25) is 21.3 Å². The first-order valence-corrected chi connectivity index (χ1v) is 9.70. The molecule has 184 valence electrons. The Bertz CT molecular complexity index is 848. The van der Waals surface area contributed by atoms with Crippen molar-refractivity contribution in [2.24, 2.45) is 11.7 Å². The molecule has 34 heavy (non-hydrogen) atoms. The van der Waals surface area contributed by atoms with Gasteiger partial charge in [0.05, 0.1) is 0 Å². The number of benzene rings is 2. The van der Waals surface area contributed by atoms with Crippen molar-refractivity contribution in [2.75, 3.05) is 0 Å². The molecule has 2 aromatic rings. The fourth-order valence-corrected chi connectivity index (χ4v) is 2.28. The number of nitrogens with two attached hydrogens (primary N) is 2. The van der Waals surface area contributed by atoms with E-state index in [0.29, 0.717) is 25.0 Å². The summed E-state index contributed by atoms with van der Waals surface area (Å²) in [4.78, 5) is 40.3. The van der Waals surface area contributed by atoms with Gasteiger partial charge in [-0.25, -0.2) is 20.4 Å². The molecule has 0 heterocycles. The number of carboxylic acid groups (broad SMARTS) is 4. The van der Waals surface area contributed by atoms with Gasteiger partial charge in [0.25, 0.3) is 0 Å². The molecular weight excluding hydrogens is 448 g/mol. The first-order chi connectivity index (χ1) is 16.1. The van der Waals surface area contributed by atoms with Gasteiger partial charge in [0.1, 0.15) is 12.1 Å². The number of carboxylic acids is 4. The molecule has 0 bridgehead atoms. The lowest BCUT2D eigenvalue weighted by molar-refractivity contribution is -0.140. The highest BCUT2D eigenvalue weighted by Gasteiger charge is 2.15. The Labute approximate surface area is 195 Å². The molecule has 2 rings (SSSR count). The third kappa shape index (κ3) is 14.8. The molecule has 0 spiro atoms. The van der Waals surface area contributed by atoms with Gasteiger partial charge in [0, 0.05) is 12.2 Å². The molecule has 0 saturated heterocycles. The molecular formula is C22H28N4O8. The maximum atomic E-state index is 10.6. The lowest BCUT2D eigenvalue weighted by atomic mass is 10.1. The molecule has 10 N–H and O–H groups in total. The summed E-state index contributed by atoms with van der Waals surface area (Å²) in [5.41, 5.74) is 6.40. The highest BCUT2D eigenvalue weighted by atomic mass is 16.4. The molecule has 0 aliphatic rings. The van der Waals surface area contributed by atoms with Crippen molar-refractivity contribution < 1.29 is 39.6 Å². The number of aliphatic carboxylic acids is 4. The Kier molecular flexibility index (Phi) is 15.4. The molecule has 0 amide bonds. The van der Waals surface area contributed by atoms with Crippen LogP contribution in [0.15, 0.2) is 72.8 Å². The summed E-state index contributed by atoms with van der Waals surface area (Å²) in [6.07, 6.45) is 1.91. The summed E-state index contributed by atoms with van der Waals surface area (Å²) in [7, 11) is 0. The number of hydrogen-bond donors (Lipinski definition) is 8. The zero-order valence-electron chi connectivity index (χ0n) is 18.1. The quantitative estimate of drug-likeness (QED) is 0.129. The van der Waals surface area contributed by atoms with Crippen molar-refractivity contribution in [1.29, 1.82) is 0 Å². The lowest BCUT2D eigenvalue weighted by Gasteiger charge is -2.09. The van der Waals surface area contributed by atoms with E-state index in [2.05, 4.69) is 10.9 Å². The minimum atomic E-state index is -1.26. The maximum Gasteiger partial charge on any atom is 0.328 e. The molecule has 0 aromatic heterocycles. The van der Waals surface area contributed by atoms with Crippen LogP contribution in [0, 0.1) is 0 Å². The number of nitrogens with one attached hydrogen (secondary N) is 2. The summed E-state index contributed by atoms with van der Waals surface area (Å²) in [6.45, 7) is 0. The molecule has 0 aliphatic heterocycles. The summed E-state index contributed by atoms with van der Waals surface area (Å²) in [5.74, 6) is 5.79. The van der Waals surface area contributed by atoms with Gasteiger partial charge in [-0.15, -0.1) is 0 Å². The fraction of sp³-hybridized carbons (Fsp3) is 0.182. The first-order valence-electron chi connectivity index (χ1n) is 9.70.